The Morgan fingerprint density at radius 3 is 2.80 bits per heavy atom. The van der Waals surface area contributed by atoms with E-state index in [-0.39, 0.29) is 5.56 Å². The number of rotatable bonds is 0. The van der Waals surface area contributed by atoms with Gasteiger partial charge in [-0.05, 0) is 19.1 Å². The minimum absolute atomic E-state index is 0.108. The van der Waals surface area contributed by atoms with Crippen LogP contribution < -0.4 is 5.56 Å². The maximum Gasteiger partial charge on any atom is 0.254 e. The number of hydrogen-bond donors (Lipinski definition) is 1. The molecule has 0 spiro atoms. The van der Waals surface area contributed by atoms with Crippen LogP contribution >= 0.6 is 12.2 Å². The lowest BCUT2D eigenvalue weighted by Gasteiger charge is -1.97. The van der Waals surface area contributed by atoms with Gasteiger partial charge >= 0.3 is 0 Å². The molecule has 0 amide bonds. The van der Waals surface area contributed by atoms with Crippen LogP contribution in [0.15, 0.2) is 11.0 Å². The van der Waals surface area contributed by atoms with Gasteiger partial charge in [-0.2, -0.15) is 0 Å². The zero-order valence-electron chi connectivity index (χ0n) is 5.84. The lowest BCUT2D eigenvalue weighted by atomic mass is 10.4. The Balaban J connectivity index is 3.59. The van der Waals surface area contributed by atoms with Gasteiger partial charge in [0.15, 0.2) is 4.77 Å². The van der Waals surface area contributed by atoms with E-state index in [0.717, 1.165) is 0 Å². The Bertz CT molecular complexity index is 318. The van der Waals surface area contributed by atoms with Crippen LogP contribution in [-0.2, 0) is 7.05 Å². The molecule has 1 rings (SSSR count). The highest BCUT2D eigenvalue weighted by atomic mass is 32.1. The van der Waals surface area contributed by atoms with Crippen LogP contribution in [0.5, 0.6) is 0 Å². The molecule has 0 bridgehead atoms. The molecule has 0 aliphatic carbocycles. The van der Waals surface area contributed by atoms with Gasteiger partial charge in [-0.25, -0.2) is 0 Å². The van der Waals surface area contributed by atoms with Gasteiger partial charge in [0.05, 0.1) is 0 Å². The molecule has 0 unspecified atom stereocenters. The highest BCUT2D eigenvalue weighted by Crippen LogP contribution is 1.85. The summed E-state index contributed by atoms with van der Waals surface area (Å²) in [6, 6.07) is 0. The minimum atomic E-state index is -0.108. The van der Waals surface area contributed by atoms with Crippen molar-refractivity contribution < 1.29 is 0 Å². The van der Waals surface area contributed by atoms with Crippen LogP contribution in [0.4, 0.5) is 0 Å². The van der Waals surface area contributed by atoms with Gasteiger partial charge < -0.3 is 4.57 Å². The number of nitrogens with one attached hydrogen (secondary N) is 1. The van der Waals surface area contributed by atoms with E-state index in [1.54, 1.807) is 24.7 Å². The lowest BCUT2D eigenvalue weighted by Crippen LogP contribution is -2.13. The van der Waals surface area contributed by atoms with E-state index in [9.17, 15) is 4.79 Å². The fourth-order valence-electron chi connectivity index (χ4n) is 0.692. The number of aryl methyl sites for hydroxylation is 2. The predicted molar refractivity (Wildman–Crippen MR) is 41.6 cm³/mol. The zero-order chi connectivity index (χ0) is 7.72. The SMILES string of the molecule is Cc1cn(C)c(=S)[nH]c1=O. The van der Waals surface area contributed by atoms with Gasteiger partial charge in [0.1, 0.15) is 0 Å². The van der Waals surface area contributed by atoms with E-state index >= 15 is 0 Å². The van der Waals surface area contributed by atoms with E-state index in [1.807, 2.05) is 0 Å². The van der Waals surface area contributed by atoms with Crippen molar-refractivity contribution >= 4 is 12.2 Å². The van der Waals surface area contributed by atoms with E-state index in [4.69, 9.17) is 12.2 Å². The minimum Gasteiger partial charge on any atom is -0.328 e. The molecule has 0 atom stereocenters. The van der Waals surface area contributed by atoms with Crippen molar-refractivity contribution in [1.82, 2.24) is 9.55 Å². The largest absolute Gasteiger partial charge is 0.328 e. The number of aromatic nitrogens is 2. The summed E-state index contributed by atoms with van der Waals surface area (Å²) in [5.74, 6) is 0. The van der Waals surface area contributed by atoms with Crippen LogP contribution in [0.25, 0.3) is 0 Å². The third kappa shape index (κ3) is 1.16. The highest BCUT2D eigenvalue weighted by molar-refractivity contribution is 7.71. The Kier molecular flexibility index (Phi) is 1.72. The third-order valence-corrected chi connectivity index (χ3v) is 1.68. The number of H-pyrrole nitrogens is 1. The standard InChI is InChI=1S/C6H8N2OS/c1-4-3-8(2)6(10)7-5(4)9/h3H,1-2H3,(H,7,9,10). The van der Waals surface area contributed by atoms with Gasteiger partial charge in [-0.15, -0.1) is 0 Å². The molecule has 10 heavy (non-hydrogen) atoms. The predicted octanol–water partition coefficient (Wildman–Crippen LogP) is 0.751. The second-order valence-corrected chi connectivity index (χ2v) is 2.57. The summed E-state index contributed by atoms with van der Waals surface area (Å²) in [4.78, 5) is 13.4. The summed E-state index contributed by atoms with van der Waals surface area (Å²) in [6.07, 6.45) is 1.71. The molecule has 0 radical (unpaired) electrons. The number of hydrogen-bond acceptors (Lipinski definition) is 2. The van der Waals surface area contributed by atoms with Crippen LogP contribution in [0, 0.1) is 11.7 Å². The maximum absolute atomic E-state index is 10.9. The van der Waals surface area contributed by atoms with Crippen LogP contribution in [-0.4, -0.2) is 9.55 Å². The van der Waals surface area contributed by atoms with Crippen molar-refractivity contribution in [2.45, 2.75) is 6.92 Å². The molecular formula is C6H8N2OS. The van der Waals surface area contributed by atoms with Crippen molar-refractivity contribution in [3.05, 3.63) is 26.9 Å². The molecular weight excluding hydrogens is 148 g/mol. The summed E-state index contributed by atoms with van der Waals surface area (Å²) in [6.45, 7) is 1.74. The Morgan fingerprint density at radius 1 is 1.70 bits per heavy atom. The first-order chi connectivity index (χ1) is 4.61. The van der Waals surface area contributed by atoms with Crippen LogP contribution in [0.3, 0.4) is 0 Å². The van der Waals surface area contributed by atoms with Gasteiger partial charge in [-0.1, -0.05) is 0 Å². The van der Waals surface area contributed by atoms with E-state index in [2.05, 4.69) is 4.98 Å². The molecule has 1 heterocycles. The smallest absolute Gasteiger partial charge is 0.254 e. The molecule has 0 saturated carbocycles. The van der Waals surface area contributed by atoms with Crippen molar-refractivity contribution in [2.75, 3.05) is 0 Å². The van der Waals surface area contributed by atoms with Gasteiger partial charge in [0.2, 0.25) is 0 Å². The van der Waals surface area contributed by atoms with Crippen molar-refractivity contribution in [3.8, 4) is 0 Å². The quantitative estimate of drug-likeness (QED) is 0.563. The van der Waals surface area contributed by atoms with Gasteiger partial charge in [0.25, 0.3) is 5.56 Å². The van der Waals surface area contributed by atoms with Crippen molar-refractivity contribution in [2.24, 2.45) is 7.05 Å². The first-order valence-electron chi connectivity index (χ1n) is 2.88. The van der Waals surface area contributed by atoms with Crippen LogP contribution in [0.2, 0.25) is 0 Å². The summed E-state index contributed by atoms with van der Waals surface area (Å²) in [7, 11) is 1.80. The number of aromatic amines is 1. The van der Waals surface area contributed by atoms with Gasteiger partial charge in [-0.3, -0.25) is 9.78 Å². The Labute approximate surface area is 63.3 Å². The van der Waals surface area contributed by atoms with Crippen molar-refractivity contribution in [1.29, 1.82) is 0 Å². The average Bonchev–Trinajstić information content (AvgIpc) is 1.84. The fraction of sp³-hybridized carbons (Fsp3) is 0.333. The molecule has 0 aromatic carbocycles. The average molecular weight is 156 g/mol. The van der Waals surface area contributed by atoms with E-state index < -0.39 is 0 Å². The topological polar surface area (TPSA) is 37.8 Å². The summed E-state index contributed by atoms with van der Waals surface area (Å²) in [5, 5.41) is 0. The fourth-order valence-corrected chi connectivity index (χ4v) is 0.837. The molecule has 1 aromatic rings. The van der Waals surface area contributed by atoms with Crippen molar-refractivity contribution in [3.63, 3.8) is 0 Å². The normalized spacial score (nSPS) is 9.80. The zero-order valence-corrected chi connectivity index (χ0v) is 6.66. The Hall–Kier alpha value is -0.900. The molecule has 0 fully saturated rings. The lowest BCUT2D eigenvalue weighted by molar-refractivity contribution is 0.820. The molecule has 3 nitrogen and oxygen atoms in total. The Morgan fingerprint density at radius 2 is 2.30 bits per heavy atom. The van der Waals surface area contributed by atoms with E-state index in [0.29, 0.717) is 10.3 Å². The highest BCUT2D eigenvalue weighted by Gasteiger charge is 1.91. The first-order valence-corrected chi connectivity index (χ1v) is 3.28. The molecule has 54 valence electrons. The van der Waals surface area contributed by atoms with E-state index in [1.165, 1.54) is 0 Å². The molecule has 0 aliphatic heterocycles. The second-order valence-electron chi connectivity index (χ2n) is 2.18. The third-order valence-electron chi connectivity index (χ3n) is 1.29. The molecule has 0 aliphatic rings. The first kappa shape index (κ1) is 7.21. The molecule has 1 N–H and O–H groups in total. The summed E-state index contributed by atoms with van der Waals surface area (Å²) >= 11 is 4.81. The number of nitrogens with zero attached hydrogens (tertiary/aromatic N) is 1. The molecule has 1 aromatic heterocycles. The maximum atomic E-state index is 10.9. The summed E-state index contributed by atoms with van der Waals surface area (Å²) < 4.78 is 2.15. The molecule has 4 heteroatoms. The monoisotopic (exact) mass is 156 g/mol. The van der Waals surface area contributed by atoms with Gasteiger partial charge in [0, 0.05) is 18.8 Å². The second kappa shape index (κ2) is 2.38. The van der Waals surface area contributed by atoms with Crippen LogP contribution in [0.1, 0.15) is 5.56 Å². The summed E-state index contributed by atoms with van der Waals surface area (Å²) in [5.41, 5.74) is 0.569. The molecule has 0 saturated heterocycles.